The number of carbonyl (C=O) groups excluding carboxylic acids is 2. The summed E-state index contributed by atoms with van der Waals surface area (Å²) in [5.41, 5.74) is 1.78. The Balaban J connectivity index is 1.92. The molecule has 3 rings (SSSR count). The predicted molar refractivity (Wildman–Crippen MR) is 96.1 cm³/mol. The van der Waals surface area contributed by atoms with E-state index in [1.807, 2.05) is 42.7 Å². The first-order valence-electron chi connectivity index (χ1n) is 7.96. The van der Waals surface area contributed by atoms with Crippen LogP contribution in [0, 0.1) is 0 Å². The van der Waals surface area contributed by atoms with Crippen molar-refractivity contribution in [2.45, 2.75) is 19.9 Å². The maximum atomic E-state index is 12.7. The summed E-state index contributed by atoms with van der Waals surface area (Å²) in [6.45, 7) is 4.06. The van der Waals surface area contributed by atoms with E-state index < -0.39 is 11.7 Å². The first-order chi connectivity index (χ1) is 12.0. The lowest BCUT2D eigenvalue weighted by atomic mass is 10.1. The highest BCUT2D eigenvalue weighted by Crippen LogP contribution is 2.25. The lowest BCUT2D eigenvalue weighted by Crippen LogP contribution is -2.22. The quantitative estimate of drug-likeness (QED) is 0.572. The van der Waals surface area contributed by atoms with Gasteiger partial charge in [-0.2, -0.15) is 0 Å². The number of nitrogens with one attached hydrogen (secondary N) is 1. The van der Waals surface area contributed by atoms with Crippen LogP contribution in [0.2, 0.25) is 0 Å². The van der Waals surface area contributed by atoms with Crippen LogP contribution in [0.1, 0.15) is 30.2 Å². The van der Waals surface area contributed by atoms with Crippen LogP contribution in [0.4, 0.5) is 5.69 Å². The number of nitrogens with zero attached hydrogens (tertiary/aromatic N) is 2. The SMILES string of the molecule is COc1cc(NC(=O)C(=O)c2cn(C(C)C)c3ccccc23)ccn1. The Morgan fingerprint density at radius 3 is 2.68 bits per heavy atom. The molecule has 0 bridgehead atoms. The molecule has 0 saturated carbocycles. The zero-order valence-corrected chi connectivity index (χ0v) is 14.3. The number of Topliss-reactive ketones (excluding diaryl/α,β-unsaturated/α-hetero) is 1. The van der Waals surface area contributed by atoms with E-state index in [1.54, 1.807) is 18.3 Å². The van der Waals surface area contributed by atoms with Crippen LogP contribution < -0.4 is 10.1 Å². The molecule has 2 heterocycles. The highest BCUT2D eigenvalue weighted by atomic mass is 16.5. The summed E-state index contributed by atoms with van der Waals surface area (Å²) in [4.78, 5) is 29.1. The molecule has 0 aliphatic heterocycles. The number of anilines is 1. The van der Waals surface area contributed by atoms with Crippen molar-refractivity contribution in [3.05, 3.63) is 54.4 Å². The molecule has 0 unspecified atom stereocenters. The van der Waals surface area contributed by atoms with E-state index in [2.05, 4.69) is 10.3 Å². The summed E-state index contributed by atoms with van der Waals surface area (Å²) in [5.74, 6) is -0.909. The molecule has 128 valence electrons. The van der Waals surface area contributed by atoms with E-state index in [4.69, 9.17) is 4.74 Å². The van der Waals surface area contributed by atoms with Gasteiger partial charge in [0.15, 0.2) is 0 Å². The van der Waals surface area contributed by atoms with Crippen LogP contribution in [0.5, 0.6) is 5.88 Å². The number of ketones is 1. The predicted octanol–water partition coefficient (Wildman–Crippen LogP) is 3.45. The number of hydrogen-bond acceptors (Lipinski definition) is 4. The van der Waals surface area contributed by atoms with Gasteiger partial charge in [-0.05, 0) is 26.0 Å². The molecular formula is C19H19N3O3. The lowest BCUT2D eigenvalue weighted by Gasteiger charge is -2.08. The van der Waals surface area contributed by atoms with Crippen molar-refractivity contribution in [2.75, 3.05) is 12.4 Å². The highest BCUT2D eigenvalue weighted by Gasteiger charge is 2.22. The topological polar surface area (TPSA) is 73.2 Å². The van der Waals surface area contributed by atoms with Crippen molar-refractivity contribution in [3.63, 3.8) is 0 Å². The molecule has 1 N–H and O–H groups in total. The monoisotopic (exact) mass is 337 g/mol. The standard InChI is InChI=1S/C19H19N3O3/c1-12(2)22-11-15(14-6-4-5-7-16(14)22)18(23)19(24)21-13-8-9-20-17(10-13)25-3/h4-12H,1-3H3,(H,20,21,24). The van der Waals surface area contributed by atoms with Crippen LogP contribution in [0.15, 0.2) is 48.8 Å². The Kier molecular flexibility index (Phi) is 4.52. The van der Waals surface area contributed by atoms with Crippen molar-refractivity contribution in [1.82, 2.24) is 9.55 Å². The molecule has 1 amide bonds. The van der Waals surface area contributed by atoms with Crippen LogP contribution in [-0.4, -0.2) is 28.4 Å². The average Bonchev–Trinajstić information content (AvgIpc) is 3.01. The van der Waals surface area contributed by atoms with Gasteiger partial charge in [-0.3, -0.25) is 9.59 Å². The zero-order chi connectivity index (χ0) is 18.0. The van der Waals surface area contributed by atoms with Gasteiger partial charge in [-0.25, -0.2) is 4.98 Å². The van der Waals surface area contributed by atoms with Gasteiger partial charge in [0.25, 0.3) is 11.7 Å². The summed E-state index contributed by atoms with van der Waals surface area (Å²) in [7, 11) is 1.49. The molecule has 2 aromatic heterocycles. The first-order valence-corrected chi connectivity index (χ1v) is 7.96. The van der Waals surface area contributed by atoms with Gasteiger partial charge in [0, 0.05) is 41.1 Å². The van der Waals surface area contributed by atoms with Crippen LogP contribution in [-0.2, 0) is 4.79 Å². The second-order valence-electron chi connectivity index (χ2n) is 5.93. The number of fused-ring (bicyclic) bond motifs is 1. The fraction of sp³-hybridized carbons (Fsp3) is 0.211. The zero-order valence-electron chi connectivity index (χ0n) is 14.3. The van der Waals surface area contributed by atoms with Crippen LogP contribution in [0.25, 0.3) is 10.9 Å². The third-order valence-electron chi connectivity index (χ3n) is 3.95. The maximum Gasteiger partial charge on any atom is 0.296 e. The third kappa shape index (κ3) is 3.24. The number of benzene rings is 1. The van der Waals surface area contributed by atoms with Gasteiger partial charge < -0.3 is 14.6 Å². The molecule has 6 nitrogen and oxygen atoms in total. The molecule has 0 aliphatic carbocycles. The molecule has 0 saturated heterocycles. The summed E-state index contributed by atoms with van der Waals surface area (Å²) in [6, 6.07) is 10.9. The van der Waals surface area contributed by atoms with E-state index in [9.17, 15) is 9.59 Å². The summed E-state index contributed by atoms with van der Waals surface area (Å²) >= 11 is 0. The van der Waals surface area contributed by atoms with Crippen LogP contribution in [0.3, 0.4) is 0 Å². The molecule has 0 fully saturated rings. The van der Waals surface area contributed by atoms with Gasteiger partial charge >= 0.3 is 0 Å². The Morgan fingerprint density at radius 2 is 1.96 bits per heavy atom. The first kappa shape index (κ1) is 16.7. The molecule has 0 atom stereocenters. The normalized spacial score (nSPS) is 10.9. The number of carbonyl (C=O) groups is 2. The summed E-state index contributed by atoms with van der Waals surface area (Å²) < 4.78 is 7.01. The van der Waals surface area contributed by atoms with Crippen molar-refractivity contribution in [2.24, 2.45) is 0 Å². The number of aromatic nitrogens is 2. The summed E-state index contributed by atoms with van der Waals surface area (Å²) in [5, 5.41) is 3.37. The van der Waals surface area contributed by atoms with Gasteiger partial charge in [0.1, 0.15) is 0 Å². The van der Waals surface area contributed by atoms with Crippen molar-refractivity contribution in [3.8, 4) is 5.88 Å². The highest BCUT2D eigenvalue weighted by molar-refractivity contribution is 6.48. The molecular weight excluding hydrogens is 318 g/mol. The Bertz CT molecular complexity index is 944. The van der Waals surface area contributed by atoms with Gasteiger partial charge in [0.2, 0.25) is 5.88 Å². The smallest absolute Gasteiger partial charge is 0.296 e. The minimum absolute atomic E-state index is 0.180. The van der Waals surface area contributed by atoms with E-state index >= 15 is 0 Å². The lowest BCUT2D eigenvalue weighted by molar-refractivity contribution is -0.112. The fourth-order valence-electron chi connectivity index (χ4n) is 2.72. The number of ether oxygens (including phenoxy) is 1. The van der Waals surface area contributed by atoms with Crippen LogP contribution >= 0.6 is 0 Å². The van der Waals surface area contributed by atoms with Gasteiger partial charge in [0.05, 0.1) is 12.7 Å². The van der Waals surface area contributed by atoms with Crippen molar-refractivity contribution >= 4 is 28.3 Å². The number of methoxy groups -OCH3 is 1. The van der Waals surface area contributed by atoms with Crippen molar-refractivity contribution < 1.29 is 14.3 Å². The third-order valence-corrected chi connectivity index (χ3v) is 3.95. The number of rotatable bonds is 5. The molecule has 0 aliphatic rings. The van der Waals surface area contributed by atoms with Gasteiger partial charge in [-0.15, -0.1) is 0 Å². The number of hydrogen-bond donors (Lipinski definition) is 1. The van der Waals surface area contributed by atoms with Gasteiger partial charge in [-0.1, -0.05) is 18.2 Å². The second kappa shape index (κ2) is 6.76. The molecule has 6 heteroatoms. The van der Waals surface area contributed by atoms with E-state index in [0.717, 1.165) is 10.9 Å². The Labute approximate surface area is 145 Å². The second-order valence-corrected chi connectivity index (χ2v) is 5.93. The largest absolute Gasteiger partial charge is 0.481 e. The maximum absolute atomic E-state index is 12.7. The molecule has 25 heavy (non-hydrogen) atoms. The molecule has 1 aromatic carbocycles. The fourth-order valence-corrected chi connectivity index (χ4v) is 2.72. The minimum atomic E-state index is -0.695. The molecule has 0 radical (unpaired) electrons. The number of amides is 1. The van der Waals surface area contributed by atoms with E-state index in [0.29, 0.717) is 17.1 Å². The molecule has 3 aromatic rings. The Hall–Kier alpha value is -3.15. The summed E-state index contributed by atoms with van der Waals surface area (Å²) in [6.07, 6.45) is 3.24. The van der Waals surface area contributed by atoms with E-state index in [-0.39, 0.29) is 6.04 Å². The Morgan fingerprint density at radius 1 is 1.20 bits per heavy atom. The average molecular weight is 337 g/mol. The molecule has 0 spiro atoms. The number of para-hydroxylation sites is 1. The van der Waals surface area contributed by atoms with E-state index in [1.165, 1.54) is 13.3 Å². The number of pyridine rings is 1. The van der Waals surface area contributed by atoms with Crippen molar-refractivity contribution in [1.29, 1.82) is 0 Å². The minimum Gasteiger partial charge on any atom is -0.481 e.